The zero-order valence-corrected chi connectivity index (χ0v) is 11.5. The minimum Gasteiger partial charge on any atom is -0.373 e. The molecule has 1 fully saturated rings. The topological polar surface area (TPSA) is 55.2 Å². The molecule has 0 radical (unpaired) electrons. The average Bonchev–Trinajstić information content (AvgIpc) is 2.74. The standard InChI is InChI=1S/C12H23N5O/c1-10-7-16(8-11(2)18-10)4-5-17-9-12(6-13-3)14-15-17/h9-11,13H,4-8H2,1-3H3. The molecule has 1 aliphatic heterocycles. The van der Waals surface area contributed by atoms with Gasteiger partial charge in [-0.25, -0.2) is 0 Å². The molecule has 1 aromatic heterocycles. The fraction of sp³-hybridized carbons (Fsp3) is 0.833. The van der Waals surface area contributed by atoms with E-state index in [9.17, 15) is 0 Å². The molecular weight excluding hydrogens is 230 g/mol. The molecule has 0 amide bonds. The van der Waals surface area contributed by atoms with Gasteiger partial charge in [0.2, 0.25) is 0 Å². The summed E-state index contributed by atoms with van der Waals surface area (Å²) in [5.74, 6) is 0. The Labute approximate surface area is 108 Å². The lowest BCUT2D eigenvalue weighted by molar-refractivity contribution is -0.0687. The molecular formula is C12H23N5O. The van der Waals surface area contributed by atoms with E-state index in [1.807, 2.05) is 17.9 Å². The van der Waals surface area contributed by atoms with Gasteiger partial charge in [0, 0.05) is 32.4 Å². The molecule has 0 aliphatic carbocycles. The molecule has 0 bridgehead atoms. The first-order chi connectivity index (χ1) is 8.67. The molecule has 1 saturated heterocycles. The van der Waals surface area contributed by atoms with Crippen molar-refractivity contribution in [1.29, 1.82) is 0 Å². The molecule has 1 N–H and O–H groups in total. The van der Waals surface area contributed by atoms with E-state index in [0.717, 1.165) is 38.4 Å². The van der Waals surface area contributed by atoms with Crippen molar-refractivity contribution in [3.63, 3.8) is 0 Å². The van der Waals surface area contributed by atoms with Crippen LogP contribution in [0.2, 0.25) is 0 Å². The van der Waals surface area contributed by atoms with Gasteiger partial charge in [-0.15, -0.1) is 5.10 Å². The van der Waals surface area contributed by atoms with E-state index < -0.39 is 0 Å². The summed E-state index contributed by atoms with van der Waals surface area (Å²) in [5.41, 5.74) is 0.987. The SMILES string of the molecule is CNCc1cn(CCN2CC(C)OC(C)C2)nn1. The molecule has 1 aliphatic rings. The Morgan fingerprint density at radius 3 is 2.72 bits per heavy atom. The highest BCUT2D eigenvalue weighted by Crippen LogP contribution is 2.10. The van der Waals surface area contributed by atoms with Crippen molar-refractivity contribution in [2.75, 3.05) is 26.7 Å². The third-order valence-corrected chi connectivity index (χ3v) is 3.08. The van der Waals surface area contributed by atoms with Gasteiger partial charge < -0.3 is 10.1 Å². The van der Waals surface area contributed by atoms with Crippen LogP contribution in [0, 0.1) is 0 Å². The van der Waals surface area contributed by atoms with Crippen LogP contribution in [0.1, 0.15) is 19.5 Å². The lowest BCUT2D eigenvalue weighted by Gasteiger charge is -2.35. The maximum Gasteiger partial charge on any atom is 0.0964 e. The van der Waals surface area contributed by atoms with Gasteiger partial charge in [-0.1, -0.05) is 5.21 Å². The van der Waals surface area contributed by atoms with Crippen LogP contribution in [-0.2, 0) is 17.8 Å². The second-order valence-electron chi connectivity index (χ2n) is 5.02. The normalized spacial score (nSPS) is 25.5. The van der Waals surface area contributed by atoms with Gasteiger partial charge in [0.1, 0.15) is 0 Å². The maximum atomic E-state index is 5.72. The molecule has 2 heterocycles. The van der Waals surface area contributed by atoms with Crippen molar-refractivity contribution in [2.24, 2.45) is 0 Å². The van der Waals surface area contributed by atoms with E-state index in [2.05, 4.69) is 34.4 Å². The van der Waals surface area contributed by atoms with Gasteiger partial charge in [0.15, 0.2) is 0 Å². The van der Waals surface area contributed by atoms with Crippen molar-refractivity contribution < 1.29 is 4.74 Å². The Balaban J connectivity index is 1.79. The number of aromatic nitrogens is 3. The summed E-state index contributed by atoms with van der Waals surface area (Å²) in [6, 6.07) is 0. The van der Waals surface area contributed by atoms with Crippen LogP contribution in [0.3, 0.4) is 0 Å². The smallest absolute Gasteiger partial charge is 0.0964 e. The zero-order valence-electron chi connectivity index (χ0n) is 11.5. The fourth-order valence-corrected chi connectivity index (χ4v) is 2.42. The van der Waals surface area contributed by atoms with Crippen LogP contribution in [0.15, 0.2) is 6.20 Å². The first-order valence-electron chi connectivity index (χ1n) is 6.59. The second-order valence-corrected chi connectivity index (χ2v) is 5.02. The molecule has 102 valence electrons. The van der Waals surface area contributed by atoms with Gasteiger partial charge >= 0.3 is 0 Å². The highest BCUT2D eigenvalue weighted by atomic mass is 16.5. The van der Waals surface area contributed by atoms with Crippen LogP contribution in [0.5, 0.6) is 0 Å². The van der Waals surface area contributed by atoms with Crippen molar-refractivity contribution in [3.05, 3.63) is 11.9 Å². The van der Waals surface area contributed by atoms with E-state index in [1.165, 1.54) is 0 Å². The number of nitrogens with one attached hydrogen (secondary N) is 1. The van der Waals surface area contributed by atoms with E-state index >= 15 is 0 Å². The van der Waals surface area contributed by atoms with E-state index in [-0.39, 0.29) is 0 Å². The van der Waals surface area contributed by atoms with Crippen LogP contribution in [-0.4, -0.2) is 58.8 Å². The van der Waals surface area contributed by atoms with Gasteiger partial charge in [-0.05, 0) is 20.9 Å². The summed E-state index contributed by atoms with van der Waals surface area (Å²) in [4.78, 5) is 2.43. The summed E-state index contributed by atoms with van der Waals surface area (Å²) in [7, 11) is 1.91. The van der Waals surface area contributed by atoms with Gasteiger partial charge in [-0.3, -0.25) is 9.58 Å². The molecule has 6 heteroatoms. The molecule has 0 aromatic carbocycles. The highest BCUT2D eigenvalue weighted by molar-refractivity contribution is 4.91. The van der Waals surface area contributed by atoms with E-state index in [0.29, 0.717) is 12.2 Å². The lowest BCUT2D eigenvalue weighted by atomic mass is 10.2. The molecule has 2 rings (SSSR count). The fourth-order valence-electron chi connectivity index (χ4n) is 2.42. The quantitative estimate of drug-likeness (QED) is 0.807. The van der Waals surface area contributed by atoms with Crippen LogP contribution >= 0.6 is 0 Å². The third kappa shape index (κ3) is 3.76. The summed E-state index contributed by atoms with van der Waals surface area (Å²) < 4.78 is 7.63. The van der Waals surface area contributed by atoms with Crippen LogP contribution in [0.25, 0.3) is 0 Å². The number of morpholine rings is 1. The highest BCUT2D eigenvalue weighted by Gasteiger charge is 2.21. The zero-order chi connectivity index (χ0) is 13.0. The van der Waals surface area contributed by atoms with Gasteiger partial charge in [0.25, 0.3) is 0 Å². The van der Waals surface area contributed by atoms with Gasteiger partial charge in [0.05, 0.1) is 24.4 Å². The summed E-state index contributed by atoms with van der Waals surface area (Å²) in [5, 5.41) is 11.3. The third-order valence-electron chi connectivity index (χ3n) is 3.08. The minimum absolute atomic E-state index is 0.323. The molecule has 2 atom stereocenters. The molecule has 2 unspecified atom stereocenters. The van der Waals surface area contributed by atoms with Gasteiger partial charge in [-0.2, -0.15) is 0 Å². The monoisotopic (exact) mass is 253 g/mol. The first-order valence-corrected chi connectivity index (χ1v) is 6.59. The molecule has 0 saturated carbocycles. The molecule has 18 heavy (non-hydrogen) atoms. The van der Waals surface area contributed by atoms with Crippen molar-refractivity contribution in [1.82, 2.24) is 25.2 Å². The Bertz CT molecular complexity index is 357. The number of rotatable bonds is 5. The largest absolute Gasteiger partial charge is 0.373 e. The number of hydrogen-bond acceptors (Lipinski definition) is 5. The predicted octanol–water partition coefficient (Wildman–Crippen LogP) is 0.107. The summed E-state index contributed by atoms with van der Waals surface area (Å²) in [6.45, 7) is 8.92. The molecule has 0 spiro atoms. The minimum atomic E-state index is 0.323. The number of ether oxygens (including phenoxy) is 1. The van der Waals surface area contributed by atoms with Crippen molar-refractivity contribution in [3.8, 4) is 0 Å². The Hall–Kier alpha value is -0.980. The van der Waals surface area contributed by atoms with Crippen molar-refractivity contribution >= 4 is 0 Å². The average molecular weight is 253 g/mol. The Morgan fingerprint density at radius 2 is 2.06 bits per heavy atom. The number of nitrogens with zero attached hydrogens (tertiary/aromatic N) is 4. The molecule has 6 nitrogen and oxygen atoms in total. The first kappa shape index (κ1) is 13.5. The summed E-state index contributed by atoms with van der Waals surface area (Å²) in [6.07, 6.45) is 2.65. The number of hydrogen-bond donors (Lipinski definition) is 1. The Kier molecular flexibility index (Phi) is 4.68. The predicted molar refractivity (Wildman–Crippen MR) is 69.2 cm³/mol. The van der Waals surface area contributed by atoms with E-state index in [4.69, 9.17) is 4.74 Å². The molecule has 1 aromatic rings. The lowest BCUT2D eigenvalue weighted by Crippen LogP contribution is -2.46. The van der Waals surface area contributed by atoms with E-state index in [1.54, 1.807) is 0 Å². The van der Waals surface area contributed by atoms with Crippen LogP contribution < -0.4 is 5.32 Å². The Morgan fingerprint density at radius 1 is 1.33 bits per heavy atom. The maximum absolute atomic E-state index is 5.72. The summed E-state index contributed by atoms with van der Waals surface area (Å²) >= 11 is 0. The second kappa shape index (κ2) is 6.26. The van der Waals surface area contributed by atoms with Crippen molar-refractivity contribution in [2.45, 2.75) is 39.1 Å². The van der Waals surface area contributed by atoms with Crippen LogP contribution in [0.4, 0.5) is 0 Å².